The molecule has 1 aliphatic rings. The van der Waals surface area contributed by atoms with Crippen LogP contribution in [-0.4, -0.2) is 98.7 Å². The summed E-state index contributed by atoms with van der Waals surface area (Å²) in [6.07, 6.45) is -0.918. The van der Waals surface area contributed by atoms with Gasteiger partial charge in [-0.25, -0.2) is 4.79 Å². The van der Waals surface area contributed by atoms with Crippen LogP contribution < -0.4 is 11.2 Å². The predicted octanol–water partition coefficient (Wildman–Crippen LogP) is 5.91. The number of ether oxygens (including phenoxy) is 1. The van der Waals surface area contributed by atoms with E-state index in [1.54, 1.807) is 6.92 Å². The Morgan fingerprint density at radius 3 is 1.45 bits per heavy atom. The van der Waals surface area contributed by atoms with Crippen LogP contribution in [0.25, 0.3) is 0 Å². The molecule has 11 nitrogen and oxygen atoms in total. The third-order valence-electron chi connectivity index (χ3n) is 9.78. The van der Waals surface area contributed by atoms with Crippen molar-refractivity contribution in [2.24, 2.45) is 0 Å². The quantitative estimate of drug-likeness (QED) is 0.113. The maximum Gasteiger partial charge on any atom is 0.330 e. The molecule has 0 unspecified atom stereocenters. The Hall–Kier alpha value is -3.67. The normalized spacial score (nSPS) is 16.4. The molecule has 0 radical (unpaired) electrons. The van der Waals surface area contributed by atoms with Gasteiger partial charge in [0.2, 0.25) is 0 Å². The van der Waals surface area contributed by atoms with Crippen LogP contribution in [0.3, 0.4) is 0 Å². The van der Waals surface area contributed by atoms with Crippen LogP contribution in [-0.2, 0) is 14.8 Å². The highest BCUT2D eigenvalue weighted by Gasteiger charge is 2.47. The van der Waals surface area contributed by atoms with Gasteiger partial charge < -0.3 is 24.3 Å². The summed E-state index contributed by atoms with van der Waals surface area (Å²) in [7, 11) is -4.47. The zero-order valence-corrected chi connectivity index (χ0v) is 33.4. The summed E-state index contributed by atoms with van der Waals surface area (Å²) >= 11 is 0. The number of aromatic nitrogens is 2. The summed E-state index contributed by atoms with van der Waals surface area (Å²) in [6, 6.07) is 29.7. The van der Waals surface area contributed by atoms with Gasteiger partial charge in [-0.1, -0.05) is 133 Å². The first-order valence-electron chi connectivity index (χ1n) is 18.8. The van der Waals surface area contributed by atoms with Crippen LogP contribution in [0.1, 0.15) is 70.0 Å². The molecule has 5 rings (SSSR count). The third kappa shape index (κ3) is 11.9. The largest absolute Gasteiger partial charge is 0.351 e. The minimum Gasteiger partial charge on any atom is -0.351 e. The van der Waals surface area contributed by atoms with Gasteiger partial charge in [0.1, 0.15) is 0 Å². The first-order chi connectivity index (χ1) is 25.4. The molecule has 0 spiro atoms. The van der Waals surface area contributed by atoms with Crippen molar-refractivity contribution in [1.29, 1.82) is 0 Å². The van der Waals surface area contributed by atoms with Crippen molar-refractivity contribution in [1.82, 2.24) is 24.3 Å². The average Bonchev–Trinajstić information content (AvgIpc) is 3.16. The van der Waals surface area contributed by atoms with E-state index in [1.165, 1.54) is 50.0 Å². The number of hydrogen-bond donors (Lipinski definition) is 3. The molecule has 1 aliphatic heterocycles. The molecular formula is C41H60N5O6P. The number of aromatic amines is 1. The van der Waals surface area contributed by atoms with Gasteiger partial charge in [-0.15, -0.1) is 0 Å². The number of nitrogens with one attached hydrogen (secondary N) is 1. The van der Waals surface area contributed by atoms with Crippen LogP contribution >= 0.6 is 7.60 Å². The van der Waals surface area contributed by atoms with Gasteiger partial charge in [0, 0.05) is 24.8 Å². The van der Waals surface area contributed by atoms with Gasteiger partial charge in [0.25, 0.3) is 5.56 Å². The van der Waals surface area contributed by atoms with Crippen molar-refractivity contribution in [2.45, 2.75) is 66.3 Å². The first kappa shape index (κ1) is 43.7. The lowest BCUT2D eigenvalue weighted by Crippen LogP contribution is -2.58. The van der Waals surface area contributed by atoms with Crippen molar-refractivity contribution in [3.8, 4) is 0 Å². The standard InChI is InChI=1S/C29H30N3O6P.2C6H15N/c1-21-17-32(28(34)30-27(21)33)26-19-31(18-25(38-26)20-39(35,36)37)29(22-11-5-2-6-12-22,23-13-7-3-8-14-23)24-15-9-4-10-16-24;2*1-4-7(5-2)6-3/h2-17,25-26H,18-20H2,1H3,(H,30,33,34)(H2,35,36,37);2*4-6H2,1-3H3/t25-,26+;;/m0../s1. The first-order valence-corrected chi connectivity index (χ1v) is 20.6. The summed E-state index contributed by atoms with van der Waals surface area (Å²) in [5.74, 6) is 0. The molecule has 12 heteroatoms. The van der Waals surface area contributed by atoms with Crippen molar-refractivity contribution < 1.29 is 19.1 Å². The highest BCUT2D eigenvalue weighted by molar-refractivity contribution is 7.51. The molecule has 3 aromatic carbocycles. The van der Waals surface area contributed by atoms with Gasteiger partial charge in [0.15, 0.2) is 6.23 Å². The van der Waals surface area contributed by atoms with Crippen LogP contribution in [0.5, 0.6) is 0 Å². The number of H-pyrrole nitrogens is 1. The molecule has 2 heterocycles. The van der Waals surface area contributed by atoms with Gasteiger partial charge in [-0.2, -0.15) is 0 Å². The second kappa shape index (κ2) is 21.3. The second-order valence-corrected chi connectivity index (χ2v) is 14.7. The zero-order valence-electron chi connectivity index (χ0n) is 32.5. The number of benzene rings is 3. The molecule has 3 N–H and O–H groups in total. The molecule has 0 saturated carbocycles. The fourth-order valence-electron chi connectivity index (χ4n) is 6.84. The molecular weight excluding hydrogens is 689 g/mol. The number of aryl methyl sites for hydroxylation is 1. The van der Waals surface area contributed by atoms with Crippen LogP contribution in [0.15, 0.2) is 107 Å². The third-order valence-corrected chi connectivity index (χ3v) is 10.7. The maximum atomic E-state index is 12.9. The van der Waals surface area contributed by atoms with E-state index in [4.69, 9.17) is 4.74 Å². The van der Waals surface area contributed by atoms with Gasteiger partial charge in [0.05, 0.1) is 17.8 Å². The summed E-state index contributed by atoms with van der Waals surface area (Å²) in [6.45, 7) is 22.2. The van der Waals surface area contributed by atoms with E-state index in [1.807, 2.05) is 91.0 Å². The molecule has 2 atom stereocenters. The molecule has 0 amide bonds. The molecule has 1 saturated heterocycles. The lowest BCUT2D eigenvalue weighted by atomic mass is 9.75. The smallest absolute Gasteiger partial charge is 0.330 e. The minimum absolute atomic E-state index is 0.178. The number of rotatable bonds is 13. The van der Waals surface area contributed by atoms with E-state index in [9.17, 15) is 23.9 Å². The fourth-order valence-corrected chi connectivity index (χ4v) is 7.57. The summed E-state index contributed by atoms with van der Waals surface area (Å²) in [5, 5.41) is 0. The number of hydrogen-bond acceptors (Lipinski definition) is 7. The predicted molar refractivity (Wildman–Crippen MR) is 215 cm³/mol. The molecule has 290 valence electrons. The monoisotopic (exact) mass is 749 g/mol. The van der Waals surface area contributed by atoms with E-state index < -0.39 is 42.9 Å². The highest BCUT2D eigenvalue weighted by atomic mass is 31.2. The fraction of sp³-hybridized carbons (Fsp3) is 0.463. The minimum atomic E-state index is -4.47. The van der Waals surface area contributed by atoms with Crippen LogP contribution in [0, 0.1) is 6.92 Å². The van der Waals surface area contributed by atoms with E-state index in [2.05, 4.69) is 61.2 Å². The average molecular weight is 750 g/mol. The van der Waals surface area contributed by atoms with Crippen molar-refractivity contribution in [3.63, 3.8) is 0 Å². The lowest BCUT2D eigenvalue weighted by Gasteiger charge is -2.50. The van der Waals surface area contributed by atoms with Gasteiger partial charge in [-0.3, -0.25) is 23.8 Å². The Labute approximate surface area is 315 Å². The Kier molecular flexibility index (Phi) is 17.6. The van der Waals surface area contributed by atoms with Crippen molar-refractivity contribution >= 4 is 7.60 Å². The summed E-state index contributed by atoms with van der Waals surface area (Å²) in [4.78, 5) is 54.0. The second-order valence-electron chi connectivity index (χ2n) is 13.0. The Bertz CT molecular complexity index is 1670. The van der Waals surface area contributed by atoms with Crippen LogP contribution in [0.4, 0.5) is 0 Å². The van der Waals surface area contributed by atoms with E-state index in [-0.39, 0.29) is 13.1 Å². The number of nitrogens with zero attached hydrogens (tertiary/aromatic N) is 4. The molecule has 0 aliphatic carbocycles. The van der Waals surface area contributed by atoms with Crippen molar-refractivity contribution in [2.75, 3.05) is 58.5 Å². The van der Waals surface area contributed by atoms with Gasteiger partial charge >= 0.3 is 13.3 Å². The molecule has 1 aromatic heterocycles. The van der Waals surface area contributed by atoms with E-state index in [0.29, 0.717) is 5.56 Å². The van der Waals surface area contributed by atoms with Gasteiger partial charge in [-0.05, 0) is 62.9 Å². The van der Waals surface area contributed by atoms with E-state index in [0.717, 1.165) is 16.7 Å². The molecule has 0 bridgehead atoms. The van der Waals surface area contributed by atoms with Crippen LogP contribution in [0.2, 0.25) is 0 Å². The Morgan fingerprint density at radius 2 is 1.11 bits per heavy atom. The van der Waals surface area contributed by atoms with E-state index >= 15 is 0 Å². The Balaban J connectivity index is 0.000000458. The van der Waals surface area contributed by atoms with Crippen molar-refractivity contribution in [3.05, 3.63) is 140 Å². The zero-order chi connectivity index (χ0) is 39.0. The topological polar surface area (TPSA) is 131 Å². The highest BCUT2D eigenvalue weighted by Crippen LogP contribution is 2.46. The molecule has 53 heavy (non-hydrogen) atoms. The Morgan fingerprint density at radius 1 is 0.717 bits per heavy atom. The summed E-state index contributed by atoms with van der Waals surface area (Å²) < 4.78 is 19.6. The molecule has 4 aromatic rings. The molecule has 1 fully saturated rings. The number of morpholine rings is 1. The SMILES string of the molecule is CCN(CC)CC.CCN(CC)CC.Cc1cn([C@H]2CN(C(c3ccccc3)(c3ccccc3)c3ccccc3)C[C@@H](CP(=O)(O)O)O2)c(=O)[nH]c1=O. The maximum absolute atomic E-state index is 12.9. The lowest BCUT2D eigenvalue weighted by molar-refractivity contribution is -0.131. The summed E-state index contributed by atoms with van der Waals surface area (Å²) in [5.41, 5.74) is 1.12.